The van der Waals surface area contributed by atoms with Crippen LogP contribution in [0, 0.1) is 5.82 Å². The molecule has 1 atom stereocenters. The van der Waals surface area contributed by atoms with Crippen molar-refractivity contribution in [1.29, 1.82) is 0 Å². The minimum absolute atomic E-state index is 0.00847. The monoisotopic (exact) mass is 517 g/mol. The summed E-state index contributed by atoms with van der Waals surface area (Å²) < 4.78 is 20.8. The lowest BCUT2D eigenvalue weighted by Gasteiger charge is -2.34. The van der Waals surface area contributed by atoms with Gasteiger partial charge in [-0.25, -0.2) is 9.18 Å². The van der Waals surface area contributed by atoms with Crippen molar-refractivity contribution in [1.82, 2.24) is 19.7 Å². The van der Waals surface area contributed by atoms with Gasteiger partial charge in [0.05, 0.1) is 12.2 Å². The minimum atomic E-state index is -0.967. The van der Waals surface area contributed by atoms with Crippen molar-refractivity contribution in [3.8, 4) is 11.3 Å². The third-order valence-electron chi connectivity index (χ3n) is 6.84. The van der Waals surface area contributed by atoms with Crippen LogP contribution in [0.1, 0.15) is 54.7 Å². The molecule has 1 unspecified atom stereocenters. The second-order valence-corrected chi connectivity index (χ2v) is 10.3. The molecular formula is C27H28FN7O3. The van der Waals surface area contributed by atoms with Crippen molar-refractivity contribution < 1.29 is 18.7 Å². The Kier molecular flexibility index (Phi) is 6.86. The first kappa shape index (κ1) is 25.4. The third kappa shape index (κ3) is 5.38. The van der Waals surface area contributed by atoms with E-state index >= 15 is 0 Å². The van der Waals surface area contributed by atoms with Gasteiger partial charge in [0.25, 0.3) is 5.91 Å². The van der Waals surface area contributed by atoms with E-state index in [0.29, 0.717) is 24.0 Å². The largest absolute Gasteiger partial charge is 0.442 e. The molecule has 0 spiro atoms. The molecule has 1 aromatic carbocycles. The number of ether oxygens (including phenoxy) is 1. The molecule has 38 heavy (non-hydrogen) atoms. The number of aromatic nitrogens is 3. The van der Waals surface area contributed by atoms with Crippen molar-refractivity contribution >= 4 is 12.0 Å². The summed E-state index contributed by atoms with van der Waals surface area (Å²) in [5, 5.41) is 7.91. The van der Waals surface area contributed by atoms with Gasteiger partial charge in [-0.05, 0) is 81.3 Å². The topological polar surface area (TPSA) is 126 Å². The summed E-state index contributed by atoms with van der Waals surface area (Å²) in [5.41, 5.74) is 10.7. The molecule has 0 bridgehead atoms. The van der Waals surface area contributed by atoms with Crippen LogP contribution in [0.15, 0.2) is 53.9 Å². The van der Waals surface area contributed by atoms with Crippen LogP contribution in [0.3, 0.4) is 0 Å². The van der Waals surface area contributed by atoms with E-state index in [1.165, 1.54) is 16.9 Å². The van der Waals surface area contributed by atoms with Gasteiger partial charge in [0.1, 0.15) is 17.1 Å². The maximum absolute atomic E-state index is 14.1. The summed E-state index contributed by atoms with van der Waals surface area (Å²) in [6.45, 7) is 3.34. The molecule has 2 heterocycles. The lowest BCUT2D eigenvalue weighted by molar-refractivity contribution is 0.0441. The Morgan fingerprint density at radius 2 is 1.97 bits per heavy atom. The quantitative estimate of drug-likeness (QED) is 0.238. The number of hydrogen-bond donors (Lipinski definition) is 0. The first-order valence-corrected chi connectivity index (χ1v) is 12.6. The second-order valence-electron chi connectivity index (χ2n) is 10.3. The zero-order chi connectivity index (χ0) is 26.9. The molecule has 0 aliphatic heterocycles. The Hall–Kier alpha value is -4.24. The Morgan fingerprint density at radius 1 is 1.21 bits per heavy atom. The third-order valence-corrected chi connectivity index (χ3v) is 6.84. The van der Waals surface area contributed by atoms with E-state index in [2.05, 4.69) is 20.1 Å². The molecular weight excluding hydrogens is 489 g/mol. The average molecular weight is 518 g/mol. The van der Waals surface area contributed by atoms with Gasteiger partial charge >= 0.3 is 6.09 Å². The predicted molar refractivity (Wildman–Crippen MR) is 137 cm³/mol. The fraction of sp³-hybridized carbons (Fsp3) is 0.407. The Bertz CT molecular complexity index is 1410. The molecule has 2 aromatic heterocycles. The number of carbonyl (C=O) groups is 2. The highest BCUT2D eigenvalue weighted by Gasteiger charge is 2.39. The molecule has 1 saturated carbocycles. The lowest BCUT2D eigenvalue weighted by atomic mass is 9.91. The Labute approximate surface area is 219 Å². The number of aryl methyl sites for hydroxylation is 1. The second kappa shape index (κ2) is 10.3. The zero-order valence-corrected chi connectivity index (χ0v) is 21.2. The highest BCUT2D eigenvalue weighted by molar-refractivity contribution is 5.95. The fourth-order valence-electron chi connectivity index (χ4n) is 4.83. The number of pyridine rings is 1. The molecule has 1 fully saturated rings. The summed E-state index contributed by atoms with van der Waals surface area (Å²) in [4.78, 5) is 35.1. The van der Waals surface area contributed by atoms with E-state index in [4.69, 9.17) is 10.3 Å². The van der Waals surface area contributed by atoms with Crippen LogP contribution in [-0.4, -0.2) is 55.9 Å². The maximum atomic E-state index is 14.1. The molecule has 0 saturated heterocycles. The van der Waals surface area contributed by atoms with E-state index in [1.807, 2.05) is 4.90 Å². The molecule has 10 nitrogen and oxygen atoms in total. The molecule has 2 aliphatic rings. The average Bonchev–Trinajstić information content (AvgIpc) is 3.64. The van der Waals surface area contributed by atoms with Crippen LogP contribution < -0.4 is 0 Å². The van der Waals surface area contributed by atoms with E-state index in [9.17, 15) is 14.0 Å². The Balaban J connectivity index is 1.30. The maximum Gasteiger partial charge on any atom is 0.435 e. The van der Waals surface area contributed by atoms with Gasteiger partial charge in [0.15, 0.2) is 0 Å². The molecule has 1 amide bonds. The predicted octanol–water partition coefficient (Wildman–Crippen LogP) is 5.32. The standard InChI is InChI=1S/C27H28FN7O3/c1-27(2,16-31-33-29)38-26(37)34-15-19-14-21(11-12-23(19)32-34)35(20-9-10-20)25(36)18-7-5-17(6-8-18)24-22(28)4-3-13-30-24/h3-8,13,15,20-21H,9-12,14,16H2,1-2H3. The smallest absolute Gasteiger partial charge is 0.435 e. The van der Waals surface area contributed by atoms with Gasteiger partial charge in [-0.3, -0.25) is 9.78 Å². The van der Waals surface area contributed by atoms with Crippen LogP contribution >= 0.6 is 0 Å². The first-order valence-electron chi connectivity index (χ1n) is 12.6. The fourth-order valence-corrected chi connectivity index (χ4v) is 4.83. The number of benzene rings is 1. The van der Waals surface area contributed by atoms with Gasteiger partial charge in [-0.2, -0.15) is 9.78 Å². The number of halogens is 1. The van der Waals surface area contributed by atoms with E-state index in [0.717, 1.165) is 30.5 Å². The minimum Gasteiger partial charge on any atom is -0.442 e. The normalized spacial score (nSPS) is 16.8. The number of azide groups is 1. The van der Waals surface area contributed by atoms with Gasteiger partial charge in [-0.15, -0.1) is 0 Å². The highest BCUT2D eigenvalue weighted by Crippen LogP contribution is 2.35. The molecule has 0 radical (unpaired) electrons. The van der Waals surface area contributed by atoms with Crippen LogP contribution in [-0.2, 0) is 17.6 Å². The van der Waals surface area contributed by atoms with Gasteiger partial charge in [0, 0.05) is 40.5 Å². The molecule has 3 aromatic rings. The summed E-state index contributed by atoms with van der Waals surface area (Å²) in [7, 11) is 0. The van der Waals surface area contributed by atoms with Crippen molar-refractivity contribution in [2.24, 2.45) is 5.11 Å². The summed E-state index contributed by atoms with van der Waals surface area (Å²) in [6.07, 6.45) is 6.43. The number of carbonyl (C=O) groups excluding carboxylic acids is 2. The molecule has 5 rings (SSSR count). The molecule has 0 N–H and O–H groups in total. The van der Waals surface area contributed by atoms with Crippen LogP contribution in [0.4, 0.5) is 9.18 Å². The van der Waals surface area contributed by atoms with E-state index < -0.39 is 17.5 Å². The zero-order valence-electron chi connectivity index (χ0n) is 21.2. The number of nitrogens with zero attached hydrogens (tertiary/aromatic N) is 7. The van der Waals surface area contributed by atoms with E-state index in [-0.39, 0.29) is 30.2 Å². The lowest BCUT2D eigenvalue weighted by Crippen LogP contribution is -2.44. The van der Waals surface area contributed by atoms with Crippen molar-refractivity contribution in [2.45, 2.75) is 63.6 Å². The number of fused-ring (bicyclic) bond motifs is 1. The van der Waals surface area contributed by atoms with Gasteiger partial charge in [0.2, 0.25) is 0 Å². The molecule has 11 heteroatoms. The van der Waals surface area contributed by atoms with Gasteiger partial charge < -0.3 is 9.64 Å². The Morgan fingerprint density at radius 3 is 2.66 bits per heavy atom. The highest BCUT2D eigenvalue weighted by atomic mass is 19.1. The molecule has 196 valence electrons. The summed E-state index contributed by atoms with van der Waals surface area (Å²) in [5.74, 6) is -0.464. The van der Waals surface area contributed by atoms with Crippen molar-refractivity contribution in [3.63, 3.8) is 0 Å². The van der Waals surface area contributed by atoms with Crippen LogP contribution in [0.2, 0.25) is 0 Å². The van der Waals surface area contributed by atoms with E-state index in [1.54, 1.807) is 50.4 Å². The SMILES string of the molecule is CC(C)(CN=[N+]=[N-])OC(=O)n1cc2c(n1)CCC(N(C(=O)c1ccc(-c3ncccc3F)cc1)C1CC1)C2. The van der Waals surface area contributed by atoms with Crippen molar-refractivity contribution in [2.75, 3.05) is 6.54 Å². The summed E-state index contributed by atoms with van der Waals surface area (Å²) in [6, 6.07) is 9.96. The van der Waals surface area contributed by atoms with Crippen molar-refractivity contribution in [3.05, 3.63) is 81.9 Å². The number of amides is 1. The van der Waals surface area contributed by atoms with Crippen LogP contribution in [0.5, 0.6) is 0 Å². The van der Waals surface area contributed by atoms with Crippen LogP contribution in [0.25, 0.3) is 21.7 Å². The first-order chi connectivity index (χ1) is 18.3. The van der Waals surface area contributed by atoms with Gasteiger partial charge in [-0.1, -0.05) is 17.2 Å². The molecule has 2 aliphatic carbocycles. The number of hydrogen-bond acceptors (Lipinski definition) is 6. The number of rotatable bonds is 7. The summed E-state index contributed by atoms with van der Waals surface area (Å²) >= 11 is 0.